The normalized spacial score (nSPS) is 16.2. The molecule has 0 bridgehead atoms. The minimum absolute atomic E-state index is 0.0674. The van der Waals surface area contributed by atoms with Gasteiger partial charge in [0.25, 0.3) is 11.8 Å². The van der Waals surface area contributed by atoms with Gasteiger partial charge in [0, 0.05) is 94.2 Å². The predicted octanol–water partition coefficient (Wildman–Crippen LogP) is 5.34. The number of ether oxygens (including phenoxy) is 2. The third-order valence-corrected chi connectivity index (χ3v) is 10.1. The Morgan fingerprint density at radius 1 is 0.981 bits per heavy atom. The third-order valence-electron chi connectivity index (χ3n) is 10.1. The van der Waals surface area contributed by atoms with Crippen LogP contribution in [0.25, 0.3) is 11.3 Å². The van der Waals surface area contributed by atoms with Gasteiger partial charge in [-0.1, -0.05) is 24.3 Å². The number of halogens is 1. The second kappa shape index (κ2) is 15.1. The number of benzene rings is 3. The molecule has 0 spiro atoms. The highest BCUT2D eigenvalue weighted by Gasteiger charge is 2.34. The number of anilines is 2. The fraction of sp³-hybridized carbons (Fsp3) is 0.325. The maximum absolute atomic E-state index is 15.2. The van der Waals surface area contributed by atoms with Crippen LogP contribution in [0.1, 0.15) is 37.5 Å². The number of morpholine rings is 1. The quantitative estimate of drug-likeness (QED) is 0.209. The number of fused-ring (bicyclic) bond motifs is 1. The molecule has 12 heteroatoms. The molecule has 1 fully saturated rings. The number of rotatable bonds is 10. The summed E-state index contributed by atoms with van der Waals surface area (Å²) in [6.45, 7) is 4.37. The number of hydrogen-bond acceptors (Lipinski definition) is 7. The first-order valence-electron chi connectivity index (χ1n) is 17.5. The molecule has 5 aromatic rings. The topological polar surface area (TPSA) is 105 Å². The van der Waals surface area contributed by atoms with Crippen LogP contribution < -0.4 is 4.90 Å². The van der Waals surface area contributed by atoms with Crippen molar-refractivity contribution < 1.29 is 28.6 Å². The molecule has 0 radical (unpaired) electrons. The SMILES string of the molecule is COCCc1c(C(=O)N(c2ccc(O)cc2)c2cnn(C)c2)cc(-c2cc(F)ccc2C(=O)N2Cc3ccccc3C[C@H]2CN2CCOCC2)n1C. The monoisotopic (exact) mass is 706 g/mol. The first-order valence-corrected chi connectivity index (χ1v) is 17.5. The Balaban J connectivity index is 1.31. The summed E-state index contributed by atoms with van der Waals surface area (Å²) < 4.78 is 29.7. The lowest BCUT2D eigenvalue weighted by Gasteiger charge is -2.40. The molecule has 2 aliphatic heterocycles. The first-order chi connectivity index (χ1) is 25.2. The highest BCUT2D eigenvalue weighted by molar-refractivity contribution is 6.12. The van der Waals surface area contributed by atoms with E-state index in [-0.39, 0.29) is 23.6 Å². The van der Waals surface area contributed by atoms with Crippen molar-refractivity contribution >= 4 is 23.2 Å². The fourth-order valence-electron chi connectivity index (χ4n) is 7.36. The number of aryl methyl sites for hydroxylation is 1. The van der Waals surface area contributed by atoms with Crippen molar-refractivity contribution in [1.29, 1.82) is 0 Å². The number of nitrogens with zero attached hydrogens (tertiary/aromatic N) is 6. The average molecular weight is 707 g/mol. The van der Waals surface area contributed by atoms with E-state index in [0.29, 0.717) is 85.2 Å². The largest absolute Gasteiger partial charge is 0.508 e. The Morgan fingerprint density at radius 3 is 2.44 bits per heavy atom. The van der Waals surface area contributed by atoms with Crippen LogP contribution in [0.4, 0.5) is 15.8 Å². The van der Waals surface area contributed by atoms with Crippen LogP contribution in [0.3, 0.4) is 0 Å². The molecule has 3 aromatic carbocycles. The summed E-state index contributed by atoms with van der Waals surface area (Å²) in [5.41, 5.74) is 5.68. The zero-order chi connectivity index (χ0) is 36.4. The van der Waals surface area contributed by atoms with Gasteiger partial charge in [-0.3, -0.25) is 24.1 Å². The van der Waals surface area contributed by atoms with Crippen molar-refractivity contribution in [2.24, 2.45) is 14.1 Å². The number of methoxy groups -OCH3 is 1. The summed E-state index contributed by atoms with van der Waals surface area (Å²) in [4.78, 5) is 35.3. The van der Waals surface area contributed by atoms with Crippen molar-refractivity contribution in [2.75, 3.05) is 51.5 Å². The summed E-state index contributed by atoms with van der Waals surface area (Å²) in [7, 11) is 5.18. The molecule has 4 heterocycles. The lowest BCUT2D eigenvalue weighted by atomic mass is 9.92. The number of carbonyl (C=O) groups excluding carboxylic acids is 2. The molecular weight excluding hydrogens is 663 g/mol. The van der Waals surface area contributed by atoms with Crippen molar-refractivity contribution in [1.82, 2.24) is 24.1 Å². The number of aromatic hydroxyl groups is 1. The number of carbonyl (C=O) groups is 2. The van der Waals surface area contributed by atoms with Crippen LogP contribution in [-0.4, -0.2) is 93.7 Å². The maximum Gasteiger partial charge on any atom is 0.264 e. The molecule has 1 N–H and O–H groups in total. The number of phenolic OH excluding ortho intramolecular Hbond substituents is 1. The van der Waals surface area contributed by atoms with Gasteiger partial charge in [-0.2, -0.15) is 5.10 Å². The number of hydrogen-bond donors (Lipinski definition) is 1. The van der Waals surface area contributed by atoms with E-state index < -0.39 is 5.82 Å². The molecule has 11 nitrogen and oxygen atoms in total. The van der Waals surface area contributed by atoms with Gasteiger partial charge in [-0.15, -0.1) is 0 Å². The summed E-state index contributed by atoms with van der Waals surface area (Å²) >= 11 is 0. The third kappa shape index (κ3) is 7.09. The molecule has 0 saturated carbocycles. The van der Waals surface area contributed by atoms with Gasteiger partial charge in [0.15, 0.2) is 0 Å². The van der Waals surface area contributed by atoms with Gasteiger partial charge < -0.3 is 24.0 Å². The van der Waals surface area contributed by atoms with E-state index in [1.165, 1.54) is 34.7 Å². The Kier molecular flexibility index (Phi) is 10.2. The molecule has 2 amide bonds. The maximum atomic E-state index is 15.2. The average Bonchev–Trinajstić information content (AvgIpc) is 3.73. The van der Waals surface area contributed by atoms with E-state index in [9.17, 15) is 14.7 Å². The Morgan fingerprint density at radius 2 is 1.73 bits per heavy atom. The van der Waals surface area contributed by atoms with Crippen LogP contribution >= 0.6 is 0 Å². The zero-order valence-corrected chi connectivity index (χ0v) is 29.7. The summed E-state index contributed by atoms with van der Waals surface area (Å²) in [6.07, 6.45) is 4.42. The van der Waals surface area contributed by atoms with Crippen LogP contribution in [0.5, 0.6) is 5.75 Å². The fourth-order valence-corrected chi connectivity index (χ4v) is 7.36. The van der Waals surface area contributed by atoms with Crippen LogP contribution in [0, 0.1) is 5.82 Å². The molecule has 52 heavy (non-hydrogen) atoms. The molecule has 0 aliphatic carbocycles. The van der Waals surface area contributed by atoms with Gasteiger partial charge in [-0.05, 0) is 66.1 Å². The van der Waals surface area contributed by atoms with Crippen LogP contribution in [0.15, 0.2) is 85.2 Å². The van der Waals surface area contributed by atoms with Crippen molar-refractivity contribution in [2.45, 2.75) is 25.4 Å². The molecule has 1 atom stereocenters. The van der Waals surface area contributed by atoms with E-state index in [2.05, 4.69) is 22.1 Å². The second-order valence-corrected chi connectivity index (χ2v) is 13.4. The van der Waals surface area contributed by atoms with Crippen LogP contribution in [0.2, 0.25) is 0 Å². The minimum Gasteiger partial charge on any atom is -0.508 e. The Labute approximate surface area is 302 Å². The van der Waals surface area contributed by atoms with E-state index in [1.54, 1.807) is 55.5 Å². The van der Waals surface area contributed by atoms with Gasteiger partial charge in [-0.25, -0.2) is 4.39 Å². The predicted molar refractivity (Wildman–Crippen MR) is 195 cm³/mol. The van der Waals surface area contributed by atoms with Gasteiger partial charge in [0.05, 0.1) is 37.3 Å². The number of aromatic nitrogens is 3. The molecule has 1 saturated heterocycles. The van der Waals surface area contributed by atoms with E-state index in [0.717, 1.165) is 18.7 Å². The molecule has 2 aromatic heterocycles. The highest BCUT2D eigenvalue weighted by atomic mass is 19.1. The van der Waals surface area contributed by atoms with Crippen molar-refractivity contribution in [3.63, 3.8) is 0 Å². The van der Waals surface area contributed by atoms with Crippen molar-refractivity contribution in [3.8, 4) is 17.0 Å². The van der Waals surface area contributed by atoms with E-state index >= 15 is 4.39 Å². The lowest BCUT2D eigenvalue weighted by molar-refractivity contribution is 0.0193. The molecular formula is C40H43FN6O5. The highest BCUT2D eigenvalue weighted by Crippen LogP contribution is 2.35. The minimum atomic E-state index is -0.492. The Hall–Kier alpha value is -5.30. The van der Waals surface area contributed by atoms with Gasteiger partial charge in [0.2, 0.25) is 0 Å². The summed E-state index contributed by atoms with van der Waals surface area (Å²) in [5, 5.41) is 14.3. The molecule has 0 unspecified atom stereocenters. The summed E-state index contributed by atoms with van der Waals surface area (Å²) in [6, 6.07) is 20.5. The lowest BCUT2D eigenvalue weighted by Crippen LogP contribution is -2.52. The molecule has 7 rings (SSSR count). The zero-order valence-electron chi connectivity index (χ0n) is 29.7. The number of phenols is 1. The summed E-state index contributed by atoms with van der Waals surface area (Å²) in [5.74, 6) is -0.975. The number of amides is 2. The Bertz CT molecular complexity index is 2070. The molecule has 270 valence electrons. The standard InChI is InChI=1S/C40H43FN6O5/c1-43-25-32(23-42-43)47(30-9-11-33(48)12-10-30)40(50)36-22-38(44(2)37(36)14-17-51-3)35-21-29(41)8-13-34(35)39(49)46-24-28-7-5-4-6-27(28)20-31(46)26-45-15-18-52-19-16-45/h4-13,21-23,25,31,48H,14-20,24,26H2,1-3H3/t31-/m0/s1. The van der Waals surface area contributed by atoms with E-state index in [1.807, 2.05) is 28.6 Å². The first kappa shape index (κ1) is 35.1. The van der Waals surface area contributed by atoms with Crippen LogP contribution in [-0.2, 0) is 43.0 Å². The second-order valence-electron chi connectivity index (χ2n) is 13.4. The van der Waals surface area contributed by atoms with Gasteiger partial charge in [0.1, 0.15) is 11.6 Å². The van der Waals surface area contributed by atoms with Gasteiger partial charge >= 0.3 is 0 Å². The smallest absolute Gasteiger partial charge is 0.264 e. The molecule has 2 aliphatic rings. The van der Waals surface area contributed by atoms with E-state index in [4.69, 9.17) is 9.47 Å². The van der Waals surface area contributed by atoms with Crippen molar-refractivity contribution in [3.05, 3.63) is 119 Å².